The van der Waals surface area contributed by atoms with Gasteiger partial charge in [-0.25, -0.2) is 4.79 Å². The third-order valence-electron chi connectivity index (χ3n) is 2.71. The van der Waals surface area contributed by atoms with Crippen molar-refractivity contribution in [2.24, 2.45) is 5.41 Å². The summed E-state index contributed by atoms with van der Waals surface area (Å²) in [5, 5.41) is 12.5. The van der Waals surface area contributed by atoms with Crippen molar-refractivity contribution in [1.82, 2.24) is 5.32 Å². The van der Waals surface area contributed by atoms with Crippen molar-refractivity contribution in [3.63, 3.8) is 0 Å². The predicted molar refractivity (Wildman–Crippen MR) is 84.5 cm³/mol. The number of aliphatic carboxylic acids is 1. The molecule has 1 rings (SSSR count). The van der Waals surface area contributed by atoms with Gasteiger partial charge < -0.3 is 10.4 Å². The summed E-state index contributed by atoms with van der Waals surface area (Å²) in [7, 11) is 0. The van der Waals surface area contributed by atoms with Crippen LogP contribution < -0.4 is 5.32 Å². The van der Waals surface area contributed by atoms with E-state index in [1.54, 1.807) is 39.0 Å². The second kappa shape index (κ2) is 6.96. The van der Waals surface area contributed by atoms with Crippen molar-refractivity contribution in [1.29, 1.82) is 0 Å². The lowest BCUT2D eigenvalue weighted by Gasteiger charge is -2.27. The fourth-order valence-electron chi connectivity index (χ4n) is 1.68. The first-order chi connectivity index (χ1) is 9.59. The Morgan fingerprint density at radius 2 is 1.71 bits per heavy atom. The highest BCUT2D eigenvalue weighted by molar-refractivity contribution is 6.34. The quantitative estimate of drug-likeness (QED) is 0.829. The summed E-state index contributed by atoms with van der Waals surface area (Å²) in [4.78, 5) is 23.0. The number of hydrogen-bond donors (Lipinski definition) is 2. The van der Waals surface area contributed by atoms with Gasteiger partial charge in [0.25, 0.3) is 0 Å². The molecule has 0 saturated carbocycles. The van der Waals surface area contributed by atoms with E-state index < -0.39 is 23.3 Å². The van der Waals surface area contributed by atoms with E-state index >= 15 is 0 Å². The molecule has 1 aromatic carbocycles. The molecule has 6 heteroatoms. The molecule has 2 N–H and O–H groups in total. The molecule has 0 aromatic heterocycles. The van der Waals surface area contributed by atoms with Crippen LogP contribution in [0.4, 0.5) is 0 Å². The molecule has 21 heavy (non-hydrogen) atoms. The molecule has 1 atom stereocenters. The fourth-order valence-corrected chi connectivity index (χ4v) is 2.23. The second-order valence-corrected chi connectivity index (χ2v) is 6.55. The van der Waals surface area contributed by atoms with E-state index in [0.717, 1.165) is 0 Å². The van der Waals surface area contributed by atoms with Crippen LogP contribution in [-0.2, 0) is 9.59 Å². The molecule has 0 saturated heterocycles. The number of hydrogen-bond acceptors (Lipinski definition) is 2. The van der Waals surface area contributed by atoms with Crippen molar-refractivity contribution < 1.29 is 14.7 Å². The Morgan fingerprint density at radius 1 is 1.19 bits per heavy atom. The first-order valence-electron chi connectivity index (χ1n) is 6.27. The Kier molecular flexibility index (Phi) is 5.81. The van der Waals surface area contributed by atoms with E-state index in [4.69, 9.17) is 28.3 Å². The van der Waals surface area contributed by atoms with Gasteiger partial charge in [0.2, 0.25) is 5.91 Å². The van der Waals surface area contributed by atoms with Crippen LogP contribution in [0.15, 0.2) is 24.3 Å². The van der Waals surface area contributed by atoms with Crippen LogP contribution in [0.1, 0.15) is 26.3 Å². The molecule has 114 valence electrons. The first kappa shape index (κ1) is 17.5. The van der Waals surface area contributed by atoms with Gasteiger partial charge in [-0.3, -0.25) is 4.79 Å². The predicted octanol–water partition coefficient (Wildman–Crippen LogP) is 3.62. The van der Waals surface area contributed by atoms with Crippen LogP contribution in [-0.4, -0.2) is 23.0 Å². The van der Waals surface area contributed by atoms with Gasteiger partial charge in [0.05, 0.1) is 0 Å². The third kappa shape index (κ3) is 5.78. The Bertz CT molecular complexity index is 557. The minimum Gasteiger partial charge on any atom is -0.480 e. The number of rotatable bonds is 4. The maximum atomic E-state index is 11.8. The molecule has 0 radical (unpaired) electrons. The highest BCUT2D eigenvalue weighted by atomic mass is 35.5. The molecule has 0 fully saturated rings. The molecule has 0 aliphatic carbocycles. The van der Waals surface area contributed by atoms with Gasteiger partial charge >= 0.3 is 5.97 Å². The summed E-state index contributed by atoms with van der Waals surface area (Å²) >= 11 is 11.7. The standard InChI is InChI=1S/C15H17Cl2NO3/c1-15(2,3)13(14(20)21)18-12(19)5-4-9-6-10(16)8-11(17)7-9/h4-8,13H,1-3H3,(H,18,19)(H,20,21)/b5-4+/t13-/m1/s1. The van der Waals surface area contributed by atoms with Gasteiger partial charge in [0.15, 0.2) is 0 Å². The molecule has 0 spiro atoms. The van der Waals surface area contributed by atoms with Crippen molar-refractivity contribution >= 4 is 41.2 Å². The lowest BCUT2D eigenvalue weighted by atomic mass is 9.87. The summed E-state index contributed by atoms with van der Waals surface area (Å²) in [5.74, 6) is -1.57. The fraction of sp³-hybridized carbons (Fsp3) is 0.333. The normalized spacial score (nSPS) is 13.2. The highest BCUT2D eigenvalue weighted by Crippen LogP contribution is 2.21. The third-order valence-corrected chi connectivity index (χ3v) is 3.15. The van der Waals surface area contributed by atoms with Gasteiger partial charge in [0.1, 0.15) is 6.04 Å². The average Bonchev–Trinajstić information content (AvgIpc) is 2.30. The minimum atomic E-state index is -1.07. The van der Waals surface area contributed by atoms with Crippen molar-refractivity contribution in [3.05, 3.63) is 39.9 Å². The molecular weight excluding hydrogens is 313 g/mol. The maximum Gasteiger partial charge on any atom is 0.326 e. The Labute approximate surface area is 133 Å². The number of carboxylic acid groups (broad SMARTS) is 1. The monoisotopic (exact) mass is 329 g/mol. The Hall–Kier alpha value is -1.52. The summed E-state index contributed by atoms with van der Waals surface area (Å²) in [5.41, 5.74) is 0.0691. The topological polar surface area (TPSA) is 66.4 Å². The van der Waals surface area contributed by atoms with E-state index in [1.165, 1.54) is 12.2 Å². The number of halogens is 2. The summed E-state index contributed by atoms with van der Waals surface area (Å²) in [6, 6.07) is 3.91. The molecule has 0 unspecified atom stereocenters. The van der Waals surface area contributed by atoms with E-state index in [-0.39, 0.29) is 0 Å². The van der Waals surface area contributed by atoms with Crippen molar-refractivity contribution in [2.45, 2.75) is 26.8 Å². The lowest BCUT2D eigenvalue weighted by Crippen LogP contribution is -2.48. The Balaban J connectivity index is 2.81. The zero-order chi connectivity index (χ0) is 16.2. The van der Waals surface area contributed by atoms with Gasteiger partial charge in [0, 0.05) is 16.1 Å². The summed E-state index contributed by atoms with van der Waals surface area (Å²) in [6.45, 7) is 5.23. The maximum absolute atomic E-state index is 11.8. The minimum absolute atomic E-state index is 0.459. The first-order valence-corrected chi connectivity index (χ1v) is 7.02. The lowest BCUT2D eigenvalue weighted by molar-refractivity contribution is -0.144. The van der Waals surface area contributed by atoms with Gasteiger partial charge in [-0.2, -0.15) is 0 Å². The van der Waals surface area contributed by atoms with Gasteiger partial charge in [-0.15, -0.1) is 0 Å². The number of carboxylic acids is 1. The van der Waals surface area contributed by atoms with Gasteiger partial charge in [-0.05, 0) is 35.3 Å². The number of carbonyl (C=O) groups excluding carboxylic acids is 1. The van der Waals surface area contributed by atoms with Gasteiger partial charge in [-0.1, -0.05) is 44.0 Å². The van der Waals surface area contributed by atoms with E-state index in [2.05, 4.69) is 5.32 Å². The van der Waals surface area contributed by atoms with E-state index in [1.807, 2.05) is 0 Å². The highest BCUT2D eigenvalue weighted by Gasteiger charge is 2.31. The molecule has 4 nitrogen and oxygen atoms in total. The van der Waals surface area contributed by atoms with Crippen LogP contribution in [0.2, 0.25) is 10.0 Å². The van der Waals surface area contributed by atoms with Crippen LogP contribution in [0.25, 0.3) is 6.08 Å². The van der Waals surface area contributed by atoms with Crippen molar-refractivity contribution in [2.75, 3.05) is 0 Å². The zero-order valence-electron chi connectivity index (χ0n) is 12.0. The summed E-state index contributed by atoms with van der Waals surface area (Å²) < 4.78 is 0. The SMILES string of the molecule is CC(C)(C)[C@H](NC(=O)/C=C/c1cc(Cl)cc(Cl)c1)C(=O)O. The molecule has 1 amide bonds. The zero-order valence-corrected chi connectivity index (χ0v) is 13.5. The van der Waals surface area contributed by atoms with E-state index in [0.29, 0.717) is 15.6 Å². The largest absolute Gasteiger partial charge is 0.480 e. The van der Waals surface area contributed by atoms with Crippen LogP contribution in [0.3, 0.4) is 0 Å². The second-order valence-electron chi connectivity index (χ2n) is 5.68. The summed E-state index contributed by atoms with van der Waals surface area (Å²) in [6.07, 6.45) is 2.78. The molecule has 0 aliphatic rings. The molecular formula is C15H17Cl2NO3. The average molecular weight is 330 g/mol. The van der Waals surface area contributed by atoms with Crippen LogP contribution in [0, 0.1) is 5.41 Å². The number of amides is 1. The number of carbonyl (C=O) groups is 2. The van der Waals surface area contributed by atoms with Crippen LogP contribution in [0.5, 0.6) is 0 Å². The number of benzene rings is 1. The Morgan fingerprint density at radius 3 is 2.14 bits per heavy atom. The molecule has 0 aliphatic heterocycles. The van der Waals surface area contributed by atoms with E-state index in [9.17, 15) is 9.59 Å². The molecule has 1 aromatic rings. The molecule has 0 bridgehead atoms. The molecule has 0 heterocycles. The number of nitrogens with one attached hydrogen (secondary N) is 1. The van der Waals surface area contributed by atoms with Crippen molar-refractivity contribution in [3.8, 4) is 0 Å². The van der Waals surface area contributed by atoms with Crippen LogP contribution >= 0.6 is 23.2 Å². The smallest absolute Gasteiger partial charge is 0.326 e.